The molecule has 0 unspecified atom stereocenters. The van der Waals surface area contributed by atoms with Crippen LogP contribution in [0, 0.1) is 0 Å². The second-order valence-corrected chi connectivity index (χ2v) is 4.38. The van der Waals surface area contributed by atoms with Crippen LogP contribution in [-0.2, 0) is 9.53 Å². The number of quaternary nitrogens is 1. The molecule has 2 saturated heterocycles. The minimum atomic E-state index is -0.190. The fraction of sp³-hybridized carbons (Fsp3) is 0.889. The fourth-order valence-electron chi connectivity index (χ4n) is 2.47. The van der Waals surface area contributed by atoms with E-state index < -0.39 is 0 Å². The fourth-order valence-corrected chi connectivity index (χ4v) is 2.47. The van der Waals surface area contributed by atoms with E-state index in [2.05, 4.69) is 5.73 Å². The van der Waals surface area contributed by atoms with Crippen molar-refractivity contribution in [1.82, 2.24) is 0 Å². The lowest BCUT2D eigenvalue weighted by molar-refractivity contribution is -0.405. The van der Waals surface area contributed by atoms with Crippen molar-refractivity contribution in [2.24, 2.45) is 0 Å². The van der Waals surface area contributed by atoms with Crippen molar-refractivity contribution in [3.8, 4) is 0 Å². The van der Waals surface area contributed by atoms with Crippen molar-refractivity contribution in [3.05, 3.63) is 0 Å². The highest BCUT2D eigenvalue weighted by Crippen LogP contribution is 2.45. The first kappa shape index (κ1) is 8.20. The van der Waals surface area contributed by atoms with Gasteiger partial charge in [0.25, 0.3) is 0 Å². The van der Waals surface area contributed by atoms with Gasteiger partial charge in [0.2, 0.25) is 0 Å². The molecular weight excluding hydrogens is 154 g/mol. The Labute approximate surface area is 72.3 Å². The minimum Gasteiger partial charge on any atom is -0.362 e. The second kappa shape index (κ2) is 2.30. The molecule has 0 aromatic carbocycles. The van der Waals surface area contributed by atoms with Gasteiger partial charge in [-0.25, -0.2) is 0 Å². The van der Waals surface area contributed by atoms with Gasteiger partial charge >= 0.3 is 0 Å². The third kappa shape index (κ3) is 1.08. The van der Waals surface area contributed by atoms with Gasteiger partial charge in [-0.2, -0.15) is 0 Å². The highest BCUT2D eigenvalue weighted by molar-refractivity contribution is 5.81. The summed E-state index contributed by atoms with van der Waals surface area (Å²) >= 11 is 0. The molecule has 2 heterocycles. The maximum atomic E-state index is 11.4. The molecule has 0 aromatic heterocycles. The average molecular weight is 170 g/mol. The summed E-state index contributed by atoms with van der Waals surface area (Å²) in [6.07, 6.45) is 3.23. The summed E-state index contributed by atoms with van der Waals surface area (Å²) in [4.78, 5) is 11.4. The number of hydrogen-bond donors (Lipinski definition) is 1. The van der Waals surface area contributed by atoms with Gasteiger partial charge in [0.05, 0.1) is 5.60 Å². The molecule has 2 rings (SSSR count). The van der Waals surface area contributed by atoms with Crippen molar-refractivity contribution in [1.29, 1.82) is 0 Å². The summed E-state index contributed by atoms with van der Waals surface area (Å²) in [5.41, 5.74) is 3.52. The molecule has 3 heteroatoms. The Morgan fingerprint density at radius 2 is 2.25 bits per heavy atom. The Morgan fingerprint density at radius 1 is 1.50 bits per heavy atom. The van der Waals surface area contributed by atoms with E-state index >= 15 is 0 Å². The summed E-state index contributed by atoms with van der Waals surface area (Å²) in [6.45, 7) is 2.77. The van der Waals surface area contributed by atoms with Crippen molar-refractivity contribution in [2.75, 3.05) is 6.54 Å². The van der Waals surface area contributed by atoms with E-state index in [-0.39, 0.29) is 11.2 Å². The van der Waals surface area contributed by atoms with Crippen LogP contribution < -0.4 is 5.73 Å². The van der Waals surface area contributed by atoms with Crippen molar-refractivity contribution >= 4 is 5.78 Å². The van der Waals surface area contributed by atoms with Gasteiger partial charge < -0.3 is 10.5 Å². The first-order valence-corrected chi connectivity index (χ1v) is 4.59. The number of Topliss-reactive ketones (excluding diaryl/α,β-unsaturated/α-hetero) is 1. The minimum absolute atomic E-state index is 0.160. The molecule has 0 radical (unpaired) electrons. The largest absolute Gasteiger partial charge is 0.362 e. The lowest BCUT2D eigenvalue weighted by Gasteiger charge is -2.35. The number of fused-ring (bicyclic) bond motifs is 2. The third-order valence-electron chi connectivity index (χ3n) is 3.12. The zero-order chi connectivity index (χ0) is 8.82. The molecule has 2 bridgehead atoms. The normalized spacial score (nSPS) is 46.7. The Morgan fingerprint density at radius 3 is 2.92 bits per heavy atom. The topological polar surface area (TPSA) is 53.9 Å². The maximum Gasteiger partial charge on any atom is 0.138 e. The van der Waals surface area contributed by atoms with Gasteiger partial charge in [0, 0.05) is 12.8 Å². The van der Waals surface area contributed by atoms with E-state index in [0.717, 1.165) is 19.4 Å². The van der Waals surface area contributed by atoms with Crippen molar-refractivity contribution in [3.63, 3.8) is 0 Å². The zero-order valence-electron chi connectivity index (χ0n) is 7.56. The summed E-state index contributed by atoms with van der Waals surface area (Å²) in [5.74, 6) is 0.352. The molecular formula is C9H16NO2+. The van der Waals surface area contributed by atoms with E-state index in [0.29, 0.717) is 18.6 Å². The number of ketones is 1. The lowest BCUT2D eigenvalue weighted by atomic mass is 9.93. The quantitative estimate of drug-likeness (QED) is 0.597. The maximum absolute atomic E-state index is 11.4. The highest BCUT2D eigenvalue weighted by Gasteiger charge is 2.53. The molecule has 2 atom stereocenters. The number of ether oxygens (including phenoxy) is 1. The molecule has 0 aliphatic carbocycles. The van der Waals surface area contributed by atoms with Crippen LogP contribution in [0.4, 0.5) is 0 Å². The smallest absolute Gasteiger partial charge is 0.138 e. The predicted molar refractivity (Wildman–Crippen MR) is 43.5 cm³/mol. The van der Waals surface area contributed by atoms with Crippen LogP contribution in [-0.4, -0.2) is 23.5 Å². The molecule has 68 valence electrons. The van der Waals surface area contributed by atoms with Gasteiger partial charge in [-0.3, -0.25) is 4.79 Å². The van der Waals surface area contributed by atoms with Crippen LogP contribution in [0.2, 0.25) is 0 Å². The summed E-state index contributed by atoms with van der Waals surface area (Å²) in [7, 11) is 0. The molecule has 3 N–H and O–H groups in total. The Balaban J connectivity index is 2.26. The van der Waals surface area contributed by atoms with E-state index in [4.69, 9.17) is 4.74 Å². The molecule has 0 spiro atoms. The van der Waals surface area contributed by atoms with Crippen LogP contribution in [0.5, 0.6) is 0 Å². The van der Waals surface area contributed by atoms with Gasteiger partial charge in [0.15, 0.2) is 0 Å². The number of carbonyl (C=O) groups excluding carboxylic acids is 1. The lowest BCUT2D eigenvalue weighted by Crippen LogP contribution is -2.63. The molecule has 2 aliphatic heterocycles. The first-order chi connectivity index (χ1) is 5.58. The van der Waals surface area contributed by atoms with Crippen LogP contribution in [0.1, 0.15) is 32.6 Å². The molecule has 2 aliphatic rings. The van der Waals surface area contributed by atoms with E-state index in [9.17, 15) is 4.79 Å². The van der Waals surface area contributed by atoms with Crippen molar-refractivity contribution < 1.29 is 15.3 Å². The van der Waals surface area contributed by atoms with E-state index in [1.807, 2.05) is 6.92 Å². The molecule has 3 nitrogen and oxygen atoms in total. The monoisotopic (exact) mass is 170 g/mol. The Hall–Kier alpha value is -0.410. The summed E-state index contributed by atoms with van der Waals surface area (Å²) in [5, 5.41) is 0. The van der Waals surface area contributed by atoms with Crippen LogP contribution in [0.15, 0.2) is 0 Å². The number of carbonyl (C=O) groups is 1. The molecule has 0 amide bonds. The van der Waals surface area contributed by atoms with E-state index in [1.165, 1.54) is 0 Å². The first-order valence-electron chi connectivity index (χ1n) is 4.59. The molecule has 2 fully saturated rings. The predicted octanol–water partition coefficient (Wildman–Crippen LogP) is -0.101. The van der Waals surface area contributed by atoms with Gasteiger partial charge in [0.1, 0.15) is 17.9 Å². The summed E-state index contributed by atoms with van der Waals surface area (Å²) < 4.78 is 5.91. The summed E-state index contributed by atoms with van der Waals surface area (Å²) in [6, 6.07) is 0. The van der Waals surface area contributed by atoms with Crippen LogP contribution in [0.25, 0.3) is 0 Å². The van der Waals surface area contributed by atoms with E-state index in [1.54, 1.807) is 0 Å². The van der Waals surface area contributed by atoms with Crippen LogP contribution in [0.3, 0.4) is 0 Å². The SMILES string of the molecule is C[C@@]12CC[C@@](C[NH3+])(CC(=O)C1)O2. The van der Waals surface area contributed by atoms with Crippen LogP contribution >= 0.6 is 0 Å². The number of rotatable bonds is 1. The highest BCUT2D eigenvalue weighted by atomic mass is 16.5. The van der Waals surface area contributed by atoms with Crippen molar-refractivity contribution in [2.45, 2.75) is 43.8 Å². The third-order valence-corrected chi connectivity index (χ3v) is 3.12. The van der Waals surface area contributed by atoms with Gasteiger partial charge in [-0.05, 0) is 19.8 Å². The Bertz CT molecular complexity index is 229. The average Bonchev–Trinajstić information content (AvgIpc) is 2.23. The Kier molecular flexibility index (Phi) is 1.57. The zero-order valence-corrected chi connectivity index (χ0v) is 7.56. The number of hydrogen-bond acceptors (Lipinski definition) is 2. The standard InChI is InChI=1S/C9H15NO2/c1-8-2-3-9(6-10,12-8)5-7(11)4-8/h2-6,10H2,1H3/p+1/t8-,9+/m1/s1. The molecule has 0 aromatic rings. The molecule has 12 heavy (non-hydrogen) atoms. The molecule has 0 saturated carbocycles. The van der Waals surface area contributed by atoms with Gasteiger partial charge in [-0.1, -0.05) is 0 Å². The van der Waals surface area contributed by atoms with Gasteiger partial charge in [-0.15, -0.1) is 0 Å². The second-order valence-electron chi connectivity index (χ2n) is 4.38.